The van der Waals surface area contributed by atoms with E-state index < -0.39 is 0 Å². The Balaban J connectivity index is 1.78. The molecule has 0 saturated carbocycles. The van der Waals surface area contributed by atoms with Gasteiger partial charge in [0.25, 0.3) is 5.56 Å². The Kier molecular flexibility index (Phi) is 5.92. The fourth-order valence-electron chi connectivity index (χ4n) is 2.04. The molecule has 1 aromatic carbocycles. The molecule has 0 aliphatic heterocycles. The van der Waals surface area contributed by atoms with E-state index in [0.29, 0.717) is 13.2 Å². The monoisotopic (exact) mass is 289 g/mol. The molecule has 2 rings (SSSR count). The summed E-state index contributed by atoms with van der Waals surface area (Å²) in [5, 5.41) is 4.29. The van der Waals surface area contributed by atoms with Gasteiger partial charge in [-0.2, -0.15) is 0 Å². The molecule has 0 spiro atoms. The van der Waals surface area contributed by atoms with Gasteiger partial charge in [0.1, 0.15) is 0 Å². The zero-order valence-corrected chi connectivity index (χ0v) is 12.7. The topological polar surface area (TPSA) is 57.4 Å². The third-order valence-electron chi connectivity index (χ3n) is 3.25. The standard InChI is InChI=1S/C16H23N3O2/c1-19(2)8-10-21-9-7-17-12-14-11-13-5-3-4-6-15(13)18-16(14)20/h3-6,11,17H,7-10,12H2,1-2H3,(H,18,20). The summed E-state index contributed by atoms with van der Waals surface area (Å²) in [5.41, 5.74) is 1.59. The van der Waals surface area contributed by atoms with Crippen LogP contribution in [0.5, 0.6) is 0 Å². The third kappa shape index (κ3) is 4.97. The summed E-state index contributed by atoms with van der Waals surface area (Å²) in [6.45, 7) is 3.59. The van der Waals surface area contributed by atoms with Crippen molar-refractivity contribution in [1.82, 2.24) is 15.2 Å². The van der Waals surface area contributed by atoms with E-state index in [2.05, 4.69) is 15.2 Å². The highest BCUT2D eigenvalue weighted by atomic mass is 16.5. The van der Waals surface area contributed by atoms with Gasteiger partial charge in [-0.25, -0.2) is 0 Å². The number of pyridine rings is 1. The largest absolute Gasteiger partial charge is 0.379 e. The van der Waals surface area contributed by atoms with Gasteiger partial charge in [-0.05, 0) is 31.6 Å². The van der Waals surface area contributed by atoms with Crippen LogP contribution < -0.4 is 10.9 Å². The van der Waals surface area contributed by atoms with Gasteiger partial charge in [-0.15, -0.1) is 0 Å². The molecule has 0 bridgehead atoms. The summed E-state index contributed by atoms with van der Waals surface area (Å²) in [5.74, 6) is 0. The predicted octanol–water partition coefficient (Wildman–Crippen LogP) is 1.20. The van der Waals surface area contributed by atoms with Crippen LogP contribution in [0.3, 0.4) is 0 Å². The van der Waals surface area contributed by atoms with E-state index in [1.54, 1.807) is 0 Å². The first-order chi connectivity index (χ1) is 10.2. The SMILES string of the molecule is CN(C)CCOCCNCc1cc2ccccc2[nH]c1=O. The van der Waals surface area contributed by atoms with E-state index in [1.165, 1.54) is 0 Å². The van der Waals surface area contributed by atoms with E-state index in [4.69, 9.17) is 4.74 Å². The maximum absolute atomic E-state index is 11.9. The lowest BCUT2D eigenvalue weighted by molar-refractivity contribution is 0.119. The number of hydrogen-bond donors (Lipinski definition) is 2. The molecule has 0 unspecified atom stereocenters. The summed E-state index contributed by atoms with van der Waals surface area (Å²) >= 11 is 0. The fourth-order valence-corrected chi connectivity index (χ4v) is 2.04. The Morgan fingerprint density at radius 1 is 1.24 bits per heavy atom. The number of para-hydroxylation sites is 1. The summed E-state index contributed by atoms with van der Waals surface area (Å²) in [6.07, 6.45) is 0. The van der Waals surface area contributed by atoms with Gasteiger partial charge in [-0.1, -0.05) is 18.2 Å². The number of fused-ring (bicyclic) bond motifs is 1. The maximum atomic E-state index is 11.9. The molecule has 2 N–H and O–H groups in total. The van der Waals surface area contributed by atoms with Crippen LogP contribution in [0.25, 0.3) is 10.9 Å². The van der Waals surface area contributed by atoms with Gasteiger partial charge in [0.15, 0.2) is 0 Å². The highest BCUT2D eigenvalue weighted by molar-refractivity contribution is 5.78. The molecule has 0 aliphatic carbocycles. The summed E-state index contributed by atoms with van der Waals surface area (Å²) in [4.78, 5) is 16.9. The summed E-state index contributed by atoms with van der Waals surface area (Å²) < 4.78 is 5.49. The average Bonchev–Trinajstić information content (AvgIpc) is 2.46. The van der Waals surface area contributed by atoms with Crippen molar-refractivity contribution in [3.63, 3.8) is 0 Å². The number of nitrogens with one attached hydrogen (secondary N) is 2. The Morgan fingerprint density at radius 3 is 2.86 bits per heavy atom. The molecule has 0 fully saturated rings. The van der Waals surface area contributed by atoms with Crippen LogP contribution in [0.4, 0.5) is 0 Å². The van der Waals surface area contributed by atoms with Crippen LogP contribution in [0.1, 0.15) is 5.56 Å². The lowest BCUT2D eigenvalue weighted by Crippen LogP contribution is -2.25. The minimum absolute atomic E-state index is 0.0327. The van der Waals surface area contributed by atoms with Crippen molar-refractivity contribution in [1.29, 1.82) is 0 Å². The predicted molar refractivity (Wildman–Crippen MR) is 85.6 cm³/mol. The van der Waals surface area contributed by atoms with Gasteiger partial charge in [-0.3, -0.25) is 4.79 Å². The van der Waals surface area contributed by atoms with Gasteiger partial charge in [0.2, 0.25) is 0 Å². The summed E-state index contributed by atoms with van der Waals surface area (Å²) in [7, 11) is 4.04. The fraction of sp³-hybridized carbons (Fsp3) is 0.438. The minimum Gasteiger partial charge on any atom is -0.379 e. The van der Waals surface area contributed by atoms with Crippen LogP contribution in [-0.2, 0) is 11.3 Å². The molecule has 0 atom stereocenters. The molecule has 5 nitrogen and oxygen atoms in total. The van der Waals surface area contributed by atoms with E-state index in [0.717, 1.165) is 36.2 Å². The van der Waals surface area contributed by atoms with Gasteiger partial charge in [0.05, 0.1) is 13.2 Å². The Bertz CT molecular complexity index is 622. The number of likely N-dealkylation sites (N-methyl/N-ethyl adjacent to an activating group) is 1. The number of aromatic nitrogens is 1. The first-order valence-corrected chi connectivity index (χ1v) is 7.21. The van der Waals surface area contributed by atoms with Crippen molar-refractivity contribution in [3.05, 3.63) is 46.2 Å². The quantitative estimate of drug-likeness (QED) is 0.717. The number of ether oxygens (including phenoxy) is 1. The van der Waals surface area contributed by atoms with Crippen molar-refractivity contribution in [2.24, 2.45) is 0 Å². The maximum Gasteiger partial charge on any atom is 0.252 e. The van der Waals surface area contributed by atoms with Crippen molar-refractivity contribution in [2.45, 2.75) is 6.54 Å². The lowest BCUT2D eigenvalue weighted by atomic mass is 10.1. The third-order valence-corrected chi connectivity index (χ3v) is 3.25. The normalized spacial score (nSPS) is 11.4. The highest BCUT2D eigenvalue weighted by Gasteiger charge is 2.02. The van der Waals surface area contributed by atoms with E-state index >= 15 is 0 Å². The van der Waals surface area contributed by atoms with E-state index in [9.17, 15) is 4.79 Å². The van der Waals surface area contributed by atoms with Crippen molar-refractivity contribution >= 4 is 10.9 Å². The number of nitrogens with zero attached hydrogens (tertiary/aromatic N) is 1. The molecule has 0 saturated heterocycles. The number of aromatic amines is 1. The molecule has 2 aromatic rings. The van der Waals surface area contributed by atoms with Gasteiger partial charge < -0.3 is 19.9 Å². The molecule has 1 aromatic heterocycles. The summed E-state index contributed by atoms with van der Waals surface area (Å²) in [6, 6.07) is 9.73. The van der Waals surface area contributed by atoms with Crippen LogP contribution in [-0.4, -0.2) is 50.3 Å². The minimum atomic E-state index is -0.0327. The smallest absolute Gasteiger partial charge is 0.252 e. The Labute approximate surface area is 124 Å². The van der Waals surface area contributed by atoms with E-state index in [-0.39, 0.29) is 5.56 Å². The molecule has 114 valence electrons. The van der Waals surface area contributed by atoms with Crippen molar-refractivity contribution in [2.75, 3.05) is 40.4 Å². The first kappa shape index (κ1) is 15.7. The second-order valence-electron chi connectivity index (χ2n) is 5.30. The second-order valence-corrected chi connectivity index (χ2v) is 5.30. The Hall–Kier alpha value is -1.69. The van der Waals surface area contributed by atoms with Crippen LogP contribution in [0.2, 0.25) is 0 Å². The molecule has 0 radical (unpaired) electrons. The van der Waals surface area contributed by atoms with E-state index in [1.807, 2.05) is 44.4 Å². The van der Waals surface area contributed by atoms with Crippen molar-refractivity contribution < 1.29 is 4.74 Å². The molecular weight excluding hydrogens is 266 g/mol. The van der Waals surface area contributed by atoms with Crippen LogP contribution >= 0.6 is 0 Å². The van der Waals surface area contributed by atoms with Crippen molar-refractivity contribution in [3.8, 4) is 0 Å². The molecule has 5 heteroatoms. The Morgan fingerprint density at radius 2 is 2.05 bits per heavy atom. The number of hydrogen-bond acceptors (Lipinski definition) is 4. The zero-order chi connectivity index (χ0) is 15.1. The lowest BCUT2D eigenvalue weighted by Gasteiger charge is -2.10. The molecule has 0 aliphatic rings. The highest BCUT2D eigenvalue weighted by Crippen LogP contribution is 2.09. The number of benzene rings is 1. The molecule has 21 heavy (non-hydrogen) atoms. The van der Waals surface area contributed by atoms with Crippen LogP contribution in [0.15, 0.2) is 35.1 Å². The van der Waals surface area contributed by atoms with Crippen LogP contribution in [0, 0.1) is 0 Å². The molecule has 0 amide bonds. The number of rotatable bonds is 8. The van der Waals surface area contributed by atoms with Gasteiger partial charge in [0, 0.05) is 30.7 Å². The average molecular weight is 289 g/mol. The second kappa shape index (κ2) is 7.93. The molecular formula is C16H23N3O2. The molecule has 1 heterocycles. The van der Waals surface area contributed by atoms with Gasteiger partial charge >= 0.3 is 0 Å². The zero-order valence-electron chi connectivity index (χ0n) is 12.7. The first-order valence-electron chi connectivity index (χ1n) is 7.21. The number of H-pyrrole nitrogens is 1.